The number of amides is 1. The maximum absolute atomic E-state index is 12.7. The molecule has 1 amide bonds. The van der Waals surface area contributed by atoms with Gasteiger partial charge < -0.3 is 19.4 Å². The number of ether oxygens (including phenoxy) is 2. The monoisotopic (exact) mass is 564 g/mol. The first-order chi connectivity index (χ1) is 16.4. The molecule has 1 aliphatic rings. The zero-order valence-corrected chi connectivity index (χ0v) is 22.3. The van der Waals surface area contributed by atoms with Crippen LogP contribution in [-0.2, 0) is 29.4 Å². The van der Waals surface area contributed by atoms with Gasteiger partial charge in [0.05, 0.1) is 17.9 Å². The van der Waals surface area contributed by atoms with Gasteiger partial charge in [0.25, 0.3) is 0 Å². The molecule has 2 heterocycles. The fraction of sp³-hybridized carbons (Fsp3) is 0.391. The van der Waals surface area contributed by atoms with Gasteiger partial charge >= 0.3 is 5.97 Å². The number of rotatable bonds is 9. The third-order valence-electron chi connectivity index (χ3n) is 5.34. The number of nitrogens with zero attached hydrogens (tertiary/aromatic N) is 3. The van der Waals surface area contributed by atoms with Crippen LogP contribution in [0.15, 0.2) is 33.9 Å². The highest BCUT2D eigenvalue weighted by Crippen LogP contribution is 2.39. The molecule has 0 spiro atoms. The molecule has 0 fully saturated rings. The van der Waals surface area contributed by atoms with E-state index in [9.17, 15) is 9.59 Å². The number of aromatic nitrogens is 3. The first-order valence-corrected chi connectivity index (χ1v) is 13.5. The van der Waals surface area contributed by atoms with Crippen LogP contribution in [0.5, 0.6) is 5.75 Å². The third-order valence-corrected chi connectivity index (χ3v) is 8.10. The molecule has 0 radical (unpaired) electrons. The van der Waals surface area contributed by atoms with Gasteiger partial charge in [-0.25, -0.2) is 4.79 Å². The van der Waals surface area contributed by atoms with Crippen molar-refractivity contribution in [3.63, 3.8) is 0 Å². The summed E-state index contributed by atoms with van der Waals surface area (Å²) >= 11 is 6.16. The van der Waals surface area contributed by atoms with Crippen LogP contribution in [0.4, 0.5) is 5.00 Å². The van der Waals surface area contributed by atoms with Gasteiger partial charge in [-0.3, -0.25) is 4.79 Å². The highest BCUT2D eigenvalue weighted by atomic mass is 79.9. The molecule has 180 valence electrons. The Morgan fingerprint density at radius 2 is 2.03 bits per heavy atom. The van der Waals surface area contributed by atoms with Gasteiger partial charge in [0.2, 0.25) is 5.91 Å². The van der Waals surface area contributed by atoms with Crippen LogP contribution in [0.2, 0.25) is 0 Å². The van der Waals surface area contributed by atoms with Crippen LogP contribution in [0.1, 0.15) is 53.0 Å². The standard InChI is InChI=1S/C23H25BrN4O4S2/c1-4-31-22(30)19-16-6-5-7-17(16)34-21(19)25-18(29)12-33-23-27-26-20(28(23)3)13(2)32-15-10-8-14(24)9-11-15/h8-11,13H,4-7,12H2,1-3H3,(H,25,29). The van der Waals surface area contributed by atoms with E-state index >= 15 is 0 Å². The summed E-state index contributed by atoms with van der Waals surface area (Å²) in [7, 11) is 1.85. The van der Waals surface area contributed by atoms with Crippen molar-refractivity contribution in [1.82, 2.24) is 14.8 Å². The number of nitrogens with one attached hydrogen (secondary N) is 1. The van der Waals surface area contributed by atoms with Gasteiger partial charge in [-0.15, -0.1) is 21.5 Å². The Kier molecular flexibility index (Phi) is 7.95. The lowest BCUT2D eigenvalue weighted by Crippen LogP contribution is -2.17. The summed E-state index contributed by atoms with van der Waals surface area (Å²) in [5, 5.41) is 12.6. The van der Waals surface area contributed by atoms with Gasteiger partial charge in [0.15, 0.2) is 17.1 Å². The highest BCUT2D eigenvalue weighted by molar-refractivity contribution is 9.10. The molecular formula is C23H25BrN4O4S2. The molecule has 1 aliphatic carbocycles. The van der Waals surface area contributed by atoms with Gasteiger partial charge in [-0.1, -0.05) is 27.7 Å². The van der Waals surface area contributed by atoms with Crippen LogP contribution in [0, 0.1) is 0 Å². The van der Waals surface area contributed by atoms with Gasteiger partial charge in [0.1, 0.15) is 10.8 Å². The topological polar surface area (TPSA) is 95.3 Å². The van der Waals surface area contributed by atoms with Gasteiger partial charge in [-0.2, -0.15) is 0 Å². The minimum Gasteiger partial charge on any atom is -0.483 e. The van der Waals surface area contributed by atoms with Crippen molar-refractivity contribution in [3.8, 4) is 5.75 Å². The average Bonchev–Trinajstić information content (AvgIpc) is 3.48. The Morgan fingerprint density at radius 1 is 1.26 bits per heavy atom. The molecule has 1 N–H and O–H groups in total. The van der Waals surface area contributed by atoms with Crippen molar-refractivity contribution in [1.29, 1.82) is 0 Å². The van der Waals surface area contributed by atoms with Crippen molar-refractivity contribution < 1.29 is 19.1 Å². The predicted molar refractivity (Wildman–Crippen MR) is 136 cm³/mol. The summed E-state index contributed by atoms with van der Waals surface area (Å²) in [6.07, 6.45) is 2.48. The molecule has 3 aromatic rings. The number of hydrogen-bond acceptors (Lipinski definition) is 8. The maximum atomic E-state index is 12.7. The Hall–Kier alpha value is -2.37. The van der Waals surface area contributed by atoms with E-state index in [0.29, 0.717) is 28.2 Å². The van der Waals surface area contributed by atoms with E-state index in [1.807, 2.05) is 42.8 Å². The normalized spacial score (nSPS) is 13.4. The average molecular weight is 566 g/mol. The largest absolute Gasteiger partial charge is 0.483 e. The van der Waals surface area contributed by atoms with E-state index in [2.05, 4.69) is 31.4 Å². The second-order valence-corrected chi connectivity index (χ2v) is 10.7. The zero-order valence-electron chi connectivity index (χ0n) is 19.1. The van der Waals surface area contributed by atoms with Gasteiger partial charge in [-0.05, 0) is 62.9 Å². The number of carbonyl (C=O) groups excluding carboxylic acids is 2. The van der Waals surface area contributed by atoms with Crippen LogP contribution in [0.25, 0.3) is 0 Å². The van der Waals surface area contributed by atoms with Crippen molar-refractivity contribution in [3.05, 3.63) is 50.6 Å². The number of esters is 1. The lowest BCUT2D eigenvalue weighted by atomic mass is 10.1. The van der Waals surface area contributed by atoms with E-state index in [1.165, 1.54) is 23.1 Å². The van der Waals surface area contributed by atoms with E-state index in [1.54, 1.807) is 6.92 Å². The summed E-state index contributed by atoms with van der Waals surface area (Å²) in [4.78, 5) is 26.4. The smallest absolute Gasteiger partial charge is 0.341 e. The minimum atomic E-state index is -0.373. The zero-order chi connectivity index (χ0) is 24.2. The quantitative estimate of drug-likeness (QED) is 0.282. The molecule has 0 bridgehead atoms. The SMILES string of the molecule is CCOC(=O)c1c(NC(=O)CSc2nnc(C(C)Oc3ccc(Br)cc3)n2C)sc2c1CCC2. The van der Waals surface area contributed by atoms with E-state index in [4.69, 9.17) is 9.47 Å². The van der Waals surface area contributed by atoms with Crippen LogP contribution in [-0.4, -0.2) is 39.0 Å². The molecule has 0 aliphatic heterocycles. The second kappa shape index (κ2) is 10.9. The molecule has 0 saturated heterocycles. The summed E-state index contributed by atoms with van der Waals surface area (Å²) in [6.45, 7) is 3.98. The molecule has 8 nitrogen and oxygen atoms in total. The molecule has 11 heteroatoms. The third kappa shape index (κ3) is 5.47. The molecule has 2 aromatic heterocycles. The first-order valence-electron chi connectivity index (χ1n) is 10.9. The van der Waals surface area contributed by atoms with Crippen LogP contribution in [0.3, 0.4) is 0 Å². The number of thioether (sulfide) groups is 1. The lowest BCUT2D eigenvalue weighted by Gasteiger charge is -2.14. The van der Waals surface area contributed by atoms with Crippen molar-refractivity contribution >= 4 is 55.9 Å². The molecule has 1 unspecified atom stereocenters. The molecule has 0 saturated carbocycles. The number of thiophene rings is 1. The summed E-state index contributed by atoms with van der Waals surface area (Å²) in [5.74, 6) is 0.943. The number of hydrogen-bond donors (Lipinski definition) is 1. The van der Waals surface area contributed by atoms with Crippen LogP contribution >= 0.6 is 39.0 Å². The van der Waals surface area contributed by atoms with Crippen LogP contribution < -0.4 is 10.1 Å². The lowest BCUT2D eigenvalue weighted by molar-refractivity contribution is -0.113. The predicted octanol–water partition coefficient (Wildman–Crippen LogP) is 5.18. The fourth-order valence-corrected chi connectivity index (χ4v) is 6.06. The van der Waals surface area contributed by atoms with Crippen molar-refractivity contribution in [2.45, 2.75) is 44.4 Å². The first kappa shape index (κ1) is 24.7. The van der Waals surface area contributed by atoms with E-state index < -0.39 is 0 Å². The molecule has 1 aromatic carbocycles. The Morgan fingerprint density at radius 3 is 2.76 bits per heavy atom. The molecule has 34 heavy (non-hydrogen) atoms. The number of halogens is 1. The number of carbonyl (C=O) groups is 2. The summed E-state index contributed by atoms with van der Waals surface area (Å²) in [6, 6.07) is 7.58. The number of fused-ring (bicyclic) bond motifs is 1. The second-order valence-electron chi connectivity index (χ2n) is 7.73. The van der Waals surface area contributed by atoms with E-state index in [-0.39, 0.29) is 23.7 Å². The molecular weight excluding hydrogens is 540 g/mol. The minimum absolute atomic E-state index is 0.138. The van der Waals surface area contributed by atoms with Crippen molar-refractivity contribution in [2.75, 3.05) is 17.7 Å². The summed E-state index contributed by atoms with van der Waals surface area (Å²) in [5.41, 5.74) is 1.53. The Balaban J connectivity index is 1.38. The van der Waals surface area contributed by atoms with E-state index in [0.717, 1.165) is 39.9 Å². The number of anilines is 1. The Labute approximate surface area is 214 Å². The van der Waals surface area contributed by atoms with Crippen molar-refractivity contribution in [2.24, 2.45) is 7.05 Å². The number of aryl methyl sites for hydroxylation is 1. The highest BCUT2D eigenvalue weighted by Gasteiger charge is 2.28. The maximum Gasteiger partial charge on any atom is 0.341 e. The molecule has 1 atom stereocenters. The molecule has 4 rings (SSSR count). The van der Waals surface area contributed by atoms with Gasteiger partial charge in [0, 0.05) is 16.4 Å². The fourth-order valence-electron chi connectivity index (χ4n) is 3.78. The Bertz CT molecular complexity index is 1190. The summed E-state index contributed by atoms with van der Waals surface area (Å²) < 4.78 is 14.0. The number of benzene rings is 1.